The van der Waals surface area contributed by atoms with E-state index in [1.165, 1.54) is 0 Å². The van der Waals surface area contributed by atoms with E-state index in [1.807, 2.05) is 7.05 Å². The van der Waals surface area contributed by atoms with Crippen molar-refractivity contribution >= 4 is 5.91 Å². The van der Waals surface area contributed by atoms with Gasteiger partial charge < -0.3 is 10.6 Å². The Kier molecular flexibility index (Phi) is 7.69. The van der Waals surface area contributed by atoms with Gasteiger partial charge in [-0.2, -0.15) is 0 Å². The van der Waals surface area contributed by atoms with Gasteiger partial charge in [0.2, 0.25) is 5.91 Å². The molecule has 0 aromatic carbocycles. The normalized spacial score (nSPS) is 12.5. The van der Waals surface area contributed by atoms with Crippen LogP contribution in [0.25, 0.3) is 0 Å². The van der Waals surface area contributed by atoms with Crippen molar-refractivity contribution in [3.8, 4) is 0 Å². The van der Waals surface area contributed by atoms with Crippen molar-refractivity contribution in [3.05, 3.63) is 0 Å². The van der Waals surface area contributed by atoms with Crippen molar-refractivity contribution in [1.29, 1.82) is 0 Å². The molecule has 0 fully saturated rings. The van der Waals surface area contributed by atoms with Crippen molar-refractivity contribution < 1.29 is 4.79 Å². The molecule has 1 atom stereocenters. The molecule has 0 aliphatic carbocycles. The second kappa shape index (κ2) is 8.05. The zero-order valence-corrected chi connectivity index (χ0v) is 9.02. The maximum absolute atomic E-state index is 11.2. The lowest BCUT2D eigenvalue weighted by molar-refractivity contribution is -0.121. The number of carbonyl (C=O) groups excluding carboxylic acids is 1. The van der Waals surface area contributed by atoms with Crippen LogP contribution in [0.5, 0.6) is 0 Å². The number of carbonyl (C=O) groups is 1. The summed E-state index contributed by atoms with van der Waals surface area (Å²) in [5, 5.41) is 5.94. The molecule has 13 heavy (non-hydrogen) atoms. The van der Waals surface area contributed by atoms with Crippen LogP contribution in [-0.4, -0.2) is 26.0 Å². The maximum Gasteiger partial charge on any atom is 0.220 e. The van der Waals surface area contributed by atoms with E-state index in [9.17, 15) is 4.79 Å². The SMILES string of the molecule is CCC(C)CNC(=O)CCCNC. The highest BCUT2D eigenvalue weighted by atomic mass is 16.1. The summed E-state index contributed by atoms with van der Waals surface area (Å²) in [6.07, 6.45) is 2.68. The molecule has 1 unspecified atom stereocenters. The maximum atomic E-state index is 11.2. The Bertz CT molecular complexity index is 137. The first kappa shape index (κ1) is 12.4. The van der Waals surface area contributed by atoms with Gasteiger partial charge in [-0.25, -0.2) is 0 Å². The lowest BCUT2D eigenvalue weighted by Gasteiger charge is -2.09. The molecule has 0 spiro atoms. The topological polar surface area (TPSA) is 41.1 Å². The molecule has 3 nitrogen and oxygen atoms in total. The molecule has 0 aromatic rings. The summed E-state index contributed by atoms with van der Waals surface area (Å²) in [6.45, 7) is 6.01. The Morgan fingerprint density at radius 1 is 1.46 bits per heavy atom. The summed E-state index contributed by atoms with van der Waals surface area (Å²) in [6, 6.07) is 0. The molecule has 0 aliphatic rings. The summed E-state index contributed by atoms with van der Waals surface area (Å²) in [7, 11) is 1.90. The van der Waals surface area contributed by atoms with Crippen molar-refractivity contribution in [2.45, 2.75) is 33.1 Å². The van der Waals surface area contributed by atoms with Gasteiger partial charge in [0.1, 0.15) is 0 Å². The van der Waals surface area contributed by atoms with Crippen LogP contribution in [0, 0.1) is 5.92 Å². The highest BCUT2D eigenvalue weighted by molar-refractivity contribution is 5.75. The van der Waals surface area contributed by atoms with E-state index in [-0.39, 0.29) is 5.91 Å². The smallest absolute Gasteiger partial charge is 0.220 e. The van der Waals surface area contributed by atoms with Crippen LogP contribution < -0.4 is 10.6 Å². The molecule has 1 amide bonds. The number of hydrogen-bond acceptors (Lipinski definition) is 2. The fraction of sp³-hybridized carbons (Fsp3) is 0.900. The zero-order valence-electron chi connectivity index (χ0n) is 9.02. The van der Waals surface area contributed by atoms with E-state index in [1.54, 1.807) is 0 Å². The summed E-state index contributed by atoms with van der Waals surface area (Å²) in [5.74, 6) is 0.767. The minimum absolute atomic E-state index is 0.176. The quantitative estimate of drug-likeness (QED) is 0.586. The van der Waals surface area contributed by atoms with E-state index >= 15 is 0 Å². The molecule has 0 heterocycles. The highest BCUT2D eigenvalue weighted by Crippen LogP contribution is 1.97. The van der Waals surface area contributed by atoms with Crippen LogP contribution in [0.15, 0.2) is 0 Å². The van der Waals surface area contributed by atoms with Crippen LogP contribution >= 0.6 is 0 Å². The van der Waals surface area contributed by atoms with Crippen LogP contribution in [0.3, 0.4) is 0 Å². The van der Waals surface area contributed by atoms with Crippen LogP contribution in [-0.2, 0) is 4.79 Å². The number of amides is 1. The Hall–Kier alpha value is -0.570. The van der Waals surface area contributed by atoms with Crippen LogP contribution in [0.1, 0.15) is 33.1 Å². The molecule has 0 bridgehead atoms. The lowest BCUT2D eigenvalue weighted by atomic mass is 10.1. The molecule has 0 aromatic heterocycles. The number of nitrogens with one attached hydrogen (secondary N) is 2. The van der Waals surface area contributed by atoms with Gasteiger partial charge in [-0.05, 0) is 25.9 Å². The number of hydrogen-bond donors (Lipinski definition) is 2. The number of rotatable bonds is 7. The molecule has 0 rings (SSSR count). The van der Waals surface area contributed by atoms with Crippen LogP contribution in [0.4, 0.5) is 0 Å². The van der Waals surface area contributed by atoms with Crippen molar-refractivity contribution in [2.75, 3.05) is 20.1 Å². The third kappa shape index (κ3) is 7.78. The first-order chi connectivity index (χ1) is 6.20. The highest BCUT2D eigenvalue weighted by Gasteiger charge is 2.02. The zero-order chi connectivity index (χ0) is 10.1. The fourth-order valence-electron chi connectivity index (χ4n) is 0.947. The third-order valence-corrected chi connectivity index (χ3v) is 2.18. The van der Waals surface area contributed by atoms with Crippen molar-refractivity contribution in [1.82, 2.24) is 10.6 Å². The van der Waals surface area contributed by atoms with Gasteiger partial charge in [-0.1, -0.05) is 20.3 Å². The average molecular weight is 186 g/mol. The lowest BCUT2D eigenvalue weighted by Crippen LogP contribution is -2.28. The van der Waals surface area contributed by atoms with E-state index in [2.05, 4.69) is 24.5 Å². The first-order valence-electron chi connectivity index (χ1n) is 5.12. The molecule has 0 aliphatic heterocycles. The van der Waals surface area contributed by atoms with Gasteiger partial charge in [0.25, 0.3) is 0 Å². The standard InChI is InChI=1S/C10H22N2O/c1-4-9(2)8-12-10(13)6-5-7-11-3/h9,11H,4-8H2,1-3H3,(H,12,13). The van der Waals surface area contributed by atoms with E-state index < -0.39 is 0 Å². The van der Waals surface area contributed by atoms with Gasteiger partial charge in [0.15, 0.2) is 0 Å². The van der Waals surface area contributed by atoms with E-state index in [0.29, 0.717) is 12.3 Å². The molecule has 0 saturated carbocycles. The minimum Gasteiger partial charge on any atom is -0.356 e. The summed E-state index contributed by atoms with van der Waals surface area (Å²) >= 11 is 0. The van der Waals surface area contributed by atoms with E-state index in [0.717, 1.165) is 25.9 Å². The Morgan fingerprint density at radius 2 is 2.15 bits per heavy atom. The molecule has 0 radical (unpaired) electrons. The Balaban J connectivity index is 3.30. The Labute approximate surface area is 81.3 Å². The second-order valence-electron chi connectivity index (χ2n) is 3.52. The summed E-state index contributed by atoms with van der Waals surface area (Å²) in [4.78, 5) is 11.2. The second-order valence-corrected chi connectivity index (χ2v) is 3.52. The molecular formula is C10H22N2O. The minimum atomic E-state index is 0.176. The molecule has 2 N–H and O–H groups in total. The summed E-state index contributed by atoms with van der Waals surface area (Å²) < 4.78 is 0. The van der Waals surface area contributed by atoms with E-state index in [4.69, 9.17) is 0 Å². The van der Waals surface area contributed by atoms with Gasteiger partial charge in [-0.3, -0.25) is 4.79 Å². The fourth-order valence-corrected chi connectivity index (χ4v) is 0.947. The predicted octanol–water partition coefficient (Wildman–Crippen LogP) is 1.15. The first-order valence-corrected chi connectivity index (χ1v) is 5.12. The van der Waals surface area contributed by atoms with Gasteiger partial charge in [-0.15, -0.1) is 0 Å². The van der Waals surface area contributed by atoms with Gasteiger partial charge >= 0.3 is 0 Å². The van der Waals surface area contributed by atoms with Gasteiger partial charge in [0.05, 0.1) is 0 Å². The van der Waals surface area contributed by atoms with Gasteiger partial charge in [0, 0.05) is 13.0 Å². The van der Waals surface area contributed by atoms with Crippen molar-refractivity contribution in [3.63, 3.8) is 0 Å². The predicted molar refractivity (Wildman–Crippen MR) is 55.6 cm³/mol. The molecule has 78 valence electrons. The average Bonchev–Trinajstić information content (AvgIpc) is 2.14. The third-order valence-electron chi connectivity index (χ3n) is 2.18. The largest absolute Gasteiger partial charge is 0.356 e. The molecule has 0 saturated heterocycles. The summed E-state index contributed by atoms with van der Waals surface area (Å²) in [5.41, 5.74) is 0. The Morgan fingerprint density at radius 3 is 2.69 bits per heavy atom. The monoisotopic (exact) mass is 186 g/mol. The molecular weight excluding hydrogens is 164 g/mol. The van der Waals surface area contributed by atoms with Crippen LogP contribution in [0.2, 0.25) is 0 Å². The van der Waals surface area contributed by atoms with Crippen molar-refractivity contribution in [2.24, 2.45) is 5.92 Å². The molecule has 3 heteroatoms.